The molecule has 138 valence electrons. The van der Waals surface area contributed by atoms with Gasteiger partial charge in [-0.25, -0.2) is 8.42 Å². The molecule has 1 N–H and O–H groups in total. The summed E-state index contributed by atoms with van der Waals surface area (Å²) in [4.78, 5) is 2.04. The van der Waals surface area contributed by atoms with Crippen LogP contribution in [0.4, 0.5) is 5.69 Å². The number of ether oxygens (including phenoxy) is 1. The molecular formula is C18H26N2O3S2. The fourth-order valence-electron chi connectivity index (χ4n) is 3.62. The zero-order valence-corrected chi connectivity index (χ0v) is 16.5. The highest BCUT2D eigenvalue weighted by molar-refractivity contribution is 7.91. The minimum absolute atomic E-state index is 0.0708. The molecule has 2 atom stereocenters. The Hall–Kier alpha value is -1.18. The number of nitrogens with one attached hydrogen (secondary N) is 1. The van der Waals surface area contributed by atoms with Gasteiger partial charge in [-0.1, -0.05) is 18.2 Å². The standard InChI is InChI=1S/C18H26N2O3S2/c1-13-5-3-6-14(2)17(13)19-18(24)20(11-16-7-4-9-23-16)15-8-10-25(21,22)12-15/h3,5-6,15-16H,4,7-12H2,1-2H3,(H,19,24)/t15-,16-/m0/s1. The average molecular weight is 383 g/mol. The van der Waals surface area contributed by atoms with Gasteiger partial charge in [0, 0.05) is 24.9 Å². The van der Waals surface area contributed by atoms with Crippen LogP contribution in [-0.4, -0.2) is 55.2 Å². The Morgan fingerprint density at radius 1 is 1.32 bits per heavy atom. The van der Waals surface area contributed by atoms with E-state index < -0.39 is 9.84 Å². The summed E-state index contributed by atoms with van der Waals surface area (Å²) >= 11 is 5.69. The average Bonchev–Trinajstić information content (AvgIpc) is 3.17. The van der Waals surface area contributed by atoms with Crippen LogP contribution in [0.1, 0.15) is 30.4 Å². The normalized spacial score (nSPS) is 25.0. The topological polar surface area (TPSA) is 58.6 Å². The molecule has 0 bridgehead atoms. The number of hydrogen-bond donors (Lipinski definition) is 1. The molecule has 1 aromatic carbocycles. The van der Waals surface area contributed by atoms with Gasteiger partial charge in [-0.3, -0.25) is 0 Å². The minimum atomic E-state index is -2.97. The van der Waals surface area contributed by atoms with E-state index in [0.29, 0.717) is 18.1 Å². The first kappa shape index (κ1) is 18.6. The second-order valence-corrected chi connectivity index (χ2v) is 9.66. The van der Waals surface area contributed by atoms with Crippen molar-refractivity contribution in [2.24, 2.45) is 0 Å². The van der Waals surface area contributed by atoms with Crippen LogP contribution < -0.4 is 5.32 Å². The van der Waals surface area contributed by atoms with Gasteiger partial charge in [0.2, 0.25) is 0 Å². The van der Waals surface area contributed by atoms with E-state index in [1.807, 2.05) is 36.9 Å². The lowest BCUT2D eigenvalue weighted by molar-refractivity contribution is 0.0851. The van der Waals surface area contributed by atoms with Gasteiger partial charge in [-0.05, 0) is 56.5 Å². The van der Waals surface area contributed by atoms with Crippen LogP contribution in [0.25, 0.3) is 0 Å². The van der Waals surface area contributed by atoms with Gasteiger partial charge in [-0.15, -0.1) is 0 Å². The zero-order chi connectivity index (χ0) is 18.0. The number of thiocarbonyl (C=S) groups is 1. The van der Waals surface area contributed by atoms with Gasteiger partial charge in [0.15, 0.2) is 14.9 Å². The summed E-state index contributed by atoms with van der Waals surface area (Å²) in [6.45, 7) is 5.51. The third-order valence-electron chi connectivity index (χ3n) is 5.05. The Bertz CT molecular complexity index is 722. The molecule has 0 aromatic heterocycles. The molecular weight excluding hydrogens is 356 g/mol. The molecule has 5 nitrogen and oxygen atoms in total. The van der Waals surface area contributed by atoms with E-state index in [4.69, 9.17) is 17.0 Å². The van der Waals surface area contributed by atoms with Gasteiger partial charge in [0.05, 0.1) is 17.6 Å². The smallest absolute Gasteiger partial charge is 0.173 e. The minimum Gasteiger partial charge on any atom is -0.376 e. The summed E-state index contributed by atoms with van der Waals surface area (Å²) < 4.78 is 29.7. The van der Waals surface area contributed by atoms with E-state index in [-0.39, 0.29) is 23.7 Å². The van der Waals surface area contributed by atoms with Crippen molar-refractivity contribution >= 4 is 32.9 Å². The SMILES string of the molecule is Cc1cccc(C)c1NC(=S)N(C[C@@H]1CCCO1)[C@H]1CCS(=O)(=O)C1. The second kappa shape index (κ2) is 7.60. The van der Waals surface area contributed by atoms with Crippen molar-refractivity contribution in [3.8, 4) is 0 Å². The molecule has 0 spiro atoms. The largest absolute Gasteiger partial charge is 0.376 e. The molecule has 2 aliphatic heterocycles. The van der Waals surface area contributed by atoms with E-state index in [1.165, 1.54) is 0 Å². The Labute approximate surface area is 155 Å². The third-order valence-corrected chi connectivity index (χ3v) is 7.13. The Morgan fingerprint density at radius 3 is 2.60 bits per heavy atom. The van der Waals surface area contributed by atoms with Crippen LogP contribution in [0, 0.1) is 13.8 Å². The fourth-order valence-corrected chi connectivity index (χ4v) is 5.67. The molecule has 2 aliphatic rings. The van der Waals surface area contributed by atoms with Crippen molar-refractivity contribution in [3.05, 3.63) is 29.3 Å². The molecule has 2 saturated heterocycles. The van der Waals surface area contributed by atoms with E-state index in [2.05, 4.69) is 5.32 Å². The first-order valence-corrected chi connectivity index (χ1v) is 11.0. The summed E-state index contributed by atoms with van der Waals surface area (Å²) in [5, 5.41) is 3.96. The van der Waals surface area contributed by atoms with Crippen molar-refractivity contribution in [1.82, 2.24) is 4.90 Å². The number of hydrogen-bond acceptors (Lipinski definition) is 4. The lowest BCUT2D eigenvalue weighted by atomic mass is 10.1. The number of para-hydroxylation sites is 1. The van der Waals surface area contributed by atoms with Crippen LogP contribution in [-0.2, 0) is 14.6 Å². The molecule has 25 heavy (non-hydrogen) atoms. The highest BCUT2D eigenvalue weighted by Gasteiger charge is 2.35. The van der Waals surface area contributed by atoms with Crippen molar-refractivity contribution in [1.29, 1.82) is 0 Å². The molecule has 0 saturated carbocycles. The lowest BCUT2D eigenvalue weighted by Gasteiger charge is -2.33. The lowest BCUT2D eigenvalue weighted by Crippen LogP contribution is -2.47. The number of rotatable bonds is 4. The molecule has 0 unspecified atom stereocenters. The van der Waals surface area contributed by atoms with E-state index in [9.17, 15) is 8.42 Å². The molecule has 0 amide bonds. The molecule has 7 heteroatoms. The monoisotopic (exact) mass is 382 g/mol. The van der Waals surface area contributed by atoms with Crippen molar-refractivity contribution < 1.29 is 13.2 Å². The van der Waals surface area contributed by atoms with E-state index >= 15 is 0 Å². The first-order chi connectivity index (χ1) is 11.9. The number of sulfone groups is 1. The maximum absolute atomic E-state index is 12.0. The highest BCUT2D eigenvalue weighted by atomic mass is 32.2. The second-order valence-electron chi connectivity index (χ2n) is 7.04. The van der Waals surface area contributed by atoms with Crippen molar-refractivity contribution in [2.75, 3.05) is 30.0 Å². The number of anilines is 1. The van der Waals surface area contributed by atoms with Gasteiger partial charge in [0.1, 0.15) is 0 Å². The zero-order valence-electron chi connectivity index (χ0n) is 14.8. The summed E-state index contributed by atoms with van der Waals surface area (Å²) in [6.07, 6.45) is 2.81. The predicted octanol–water partition coefficient (Wildman–Crippen LogP) is 2.67. The van der Waals surface area contributed by atoms with Crippen LogP contribution in [0.15, 0.2) is 18.2 Å². The van der Waals surface area contributed by atoms with Crippen LogP contribution in [0.5, 0.6) is 0 Å². The number of nitrogens with zero attached hydrogens (tertiary/aromatic N) is 1. The fraction of sp³-hybridized carbons (Fsp3) is 0.611. The van der Waals surface area contributed by atoms with Gasteiger partial charge < -0.3 is 15.0 Å². The Kier molecular flexibility index (Phi) is 5.65. The van der Waals surface area contributed by atoms with Crippen LogP contribution >= 0.6 is 12.2 Å². The van der Waals surface area contributed by atoms with Crippen molar-refractivity contribution in [2.45, 2.75) is 45.3 Å². The Morgan fingerprint density at radius 2 is 2.04 bits per heavy atom. The maximum Gasteiger partial charge on any atom is 0.173 e. The first-order valence-electron chi connectivity index (χ1n) is 8.81. The molecule has 0 aliphatic carbocycles. The number of aryl methyl sites for hydroxylation is 2. The molecule has 0 radical (unpaired) electrons. The highest BCUT2D eigenvalue weighted by Crippen LogP contribution is 2.24. The van der Waals surface area contributed by atoms with E-state index in [0.717, 1.165) is 36.3 Å². The maximum atomic E-state index is 12.0. The van der Waals surface area contributed by atoms with Crippen LogP contribution in [0.3, 0.4) is 0 Å². The van der Waals surface area contributed by atoms with Gasteiger partial charge >= 0.3 is 0 Å². The van der Waals surface area contributed by atoms with Crippen LogP contribution in [0.2, 0.25) is 0 Å². The molecule has 3 rings (SSSR count). The number of benzene rings is 1. The molecule has 2 fully saturated rings. The predicted molar refractivity (Wildman–Crippen MR) is 105 cm³/mol. The summed E-state index contributed by atoms with van der Waals surface area (Å²) in [6, 6.07) is 6.04. The summed E-state index contributed by atoms with van der Waals surface area (Å²) in [7, 11) is -2.97. The molecule has 1 aromatic rings. The Balaban J connectivity index is 1.79. The van der Waals surface area contributed by atoms with Gasteiger partial charge in [-0.2, -0.15) is 0 Å². The summed E-state index contributed by atoms with van der Waals surface area (Å²) in [5.41, 5.74) is 3.25. The molecule has 2 heterocycles. The van der Waals surface area contributed by atoms with Crippen molar-refractivity contribution in [3.63, 3.8) is 0 Å². The summed E-state index contributed by atoms with van der Waals surface area (Å²) in [5.74, 6) is 0.417. The van der Waals surface area contributed by atoms with Gasteiger partial charge in [0.25, 0.3) is 0 Å². The third kappa shape index (κ3) is 4.51. The van der Waals surface area contributed by atoms with E-state index in [1.54, 1.807) is 0 Å². The quantitative estimate of drug-likeness (QED) is 0.808.